The first-order chi connectivity index (χ1) is 10.5. The van der Waals surface area contributed by atoms with Gasteiger partial charge in [0.1, 0.15) is 0 Å². The Morgan fingerprint density at radius 2 is 1.73 bits per heavy atom. The third-order valence-corrected chi connectivity index (χ3v) is 3.76. The number of carbonyl (C=O) groups excluding carboxylic acids is 1. The Hall–Kier alpha value is -2.62. The van der Waals surface area contributed by atoms with Crippen LogP contribution in [0.3, 0.4) is 0 Å². The Balaban J connectivity index is 2.18. The maximum absolute atomic E-state index is 12.2. The highest BCUT2D eigenvalue weighted by molar-refractivity contribution is 6.07. The lowest BCUT2D eigenvalue weighted by Crippen LogP contribution is -2.14. The molecule has 22 heavy (non-hydrogen) atoms. The molecule has 4 heteroatoms. The van der Waals surface area contributed by atoms with Crippen LogP contribution in [0, 0.1) is 0 Å². The lowest BCUT2D eigenvalue weighted by Gasteiger charge is -2.11. The van der Waals surface area contributed by atoms with Crippen molar-refractivity contribution in [2.75, 3.05) is 5.32 Å². The number of para-hydroxylation sites is 1. The second-order valence-corrected chi connectivity index (χ2v) is 5.24. The molecule has 114 valence electrons. The van der Waals surface area contributed by atoms with E-state index in [1.807, 2.05) is 12.1 Å². The van der Waals surface area contributed by atoms with Gasteiger partial charge in [-0.05, 0) is 42.2 Å². The van der Waals surface area contributed by atoms with Gasteiger partial charge in [-0.3, -0.25) is 4.79 Å². The van der Waals surface area contributed by atoms with Crippen LogP contribution in [0.5, 0.6) is 0 Å². The molecule has 4 nitrogen and oxygen atoms in total. The number of benzene rings is 2. The summed E-state index contributed by atoms with van der Waals surface area (Å²) < 4.78 is 0. The first-order valence-electron chi connectivity index (χ1n) is 7.26. The Bertz CT molecular complexity index is 677. The Morgan fingerprint density at radius 3 is 2.32 bits per heavy atom. The number of rotatable bonds is 5. The van der Waals surface area contributed by atoms with Gasteiger partial charge in [-0.2, -0.15) is 0 Å². The highest BCUT2D eigenvalue weighted by Crippen LogP contribution is 2.20. The molecule has 2 aromatic carbocycles. The normalized spacial score (nSPS) is 11.7. The van der Waals surface area contributed by atoms with Crippen LogP contribution in [0.4, 0.5) is 5.69 Å². The van der Waals surface area contributed by atoms with Gasteiger partial charge in [0, 0.05) is 5.56 Å². The highest BCUT2D eigenvalue weighted by Gasteiger charge is 2.13. The van der Waals surface area contributed by atoms with E-state index < -0.39 is 5.97 Å². The van der Waals surface area contributed by atoms with Crippen LogP contribution < -0.4 is 5.32 Å². The number of nitrogens with one attached hydrogen (secondary N) is 1. The van der Waals surface area contributed by atoms with E-state index in [0.29, 0.717) is 17.2 Å². The quantitative estimate of drug-likeness (QED) is 0.871. The molecule has 1 atom stereocenters. The van der Waals surface area contributed by atoms with E-state index in [4.69, 9.17) is 5.11 Å². The van der Waals surface area contributed by atoms with Crippen molar-refractivity contribution in [3.63, 3.8) is 0 Å². The smallest absolute Gasteiger partial charge is 0.337 e. The van der Waals surface area contributed by atoms with Crippen LogP contribution in [0.2, 0.25) is 0 Å². The summed E-state index contributed by atoms with van der Waals surface area (Å²) in [6, 6.07) is 13.8. The predicted molar refractivity (Wildman–Crippen MR) is 86.5 cm³/mol. The van der Waals surface area contributed by atoms with Gasteiger partial charge in [0.15, 0.2) is 0 Å². The fourth-order valence-electron chi connectivity index (χ4n) is 2.17. The number of carboxylic acid groups (broad SMARTS) is 1. The topological polar surface area (TPSA) is 66.4 Å². The number of hydrogen-bond donors (Lipinski definition) is 2. The SMILES string of the molecule is CCC(C)c1ccc(C(=O)Nc2ccccc2C(=O)O)cc1. The van der Waals surface area contributed by atoms with E-state index >= 15 is 0 Å². The maximum Gasteiger partial charge on any atom is 0.337 e. The van der Waals surface area contributed by atoms with Gasteiger partial charge in [-0.15, -0.1) is 0 Å². The summed E-state index contributed by atoms with van der Waals surface area (Å²) in [6.07, 6.45) is 1.04. The van der Waals surface area contributed by atoms with Gasteiger partial charge >= 0.3 is 5.97 Å². The number of amides is 1. The largest absolute Gasteiger partial charge is 0.478 e. The molecule has 2 rings (SSSR count). The molecule has 0 aliphatic carbocycles. The number of carboxylic acids is 1. The van der Waals surface area contributed by atoms with E-state index in [1.54, 1.807) is 30.3 Å². The van der Waals surface area contributed by atoms with Crippen molar-refractivity contribution in [2.45, 2.75) is 26.2 Å². The molecule has 0 saturated carbocycles. The minimum atomic E-state index is -1.07. The van der Waals surface area contributed by atoms with Crippen molar-refractivity contribution in [3.05, 3.63) is 65.2 Å². The summed E-state index contributed by atoms with van der Waals surface area (Å²) >= 11 is 0. The number of hydrogen-bond acceptors (Lipinski definition) is 2. The molecule has 1 amide bonds. The summed E-state index contributed by atoms with van der Waals surface area (Å²) in [5.74, 6) is -0.933. The van der Waals surface area contributed by atoms with Crippen molar-refractivity contribution in [1.29, 1.82) is 0 Å². The molecular weight excluding hydrogens is 278 g/mol. The Morgan fingerprint density at radius 1 is 1.09 bits per heavy atom. The lowest BCUT2D eigenvalue weighted by atomic mass is 9.97. The average molecular weight is 297 g/mol. The number of carbonyl (C=O) groups is 2. The van der Waals surface area contributed by atoms with E-state index in [-0.39, 0.29) is 11.5 Å². The molecule has 1 unspecified atom stereocenters. The van der Waals surface area contributed by atoms with Crippen LogP contribution in [0.1, 0.15) is 52.5 Å². The second kappa shape index (κ2) is 6.89. The van der Waals surface area contributed by atoms with Crippen LogP contribution in [-0.2, 0) is 0 Å². The van der Waals surface area contributed by atoms with E-state index in [0.717, 1.165) is 6.42 Å². The summed E-state index contributed by atoms with van der Waals surface area (Å²) in [4.78, 5) is 23.4. The summed E-state index contributed by atoms with van der Waals surface area (Å²) in [6.45, 7) is 4.26. The maximum atomic E-state index is 12.2. The number of anilines is 1. The van der Waals surface area contributed by atoms with Gasteiger partial charge in [0.25, 0.3) is 5.91 Å². The zero-order chi connectivity index (χ0) is 16.1. The molecule has 2 aromatic rings. The van der Waals surface area contributed by atoms with E-state index in [1.165, 1.54) is 11.6 Å². The first-order valence-corrected chi connectivity index (χ1v) is 7.26. The number of aromatic carboxylic acids is 1. The third-order valence-electron chi connectivity index (χ3n) is 3.76. The molecule has 0 bridgehead atoms. The molecule has 0 saturated heterocycles. The minimum absolute atomic E-state index is 0.0760. The average Bonchev–Trinajstić information content (AvgIpc) is 2.54. The summed E-state index contributed by atoms with van der Waals surface area (Å²) in [5, 5.41) is 11.8. The third kappa shape index (κ3) is 3.52. The van der Waals surface area contributed by atoms with Gasteiger partial charge in [-0.1, -0.05) is 38.1 Å². The van der Waals surface area contributed by atoms with Crippen molar-refractivity contribution < 1.29 is 14.7 Å². The van der Waals surface area contributed by atoms with Gasteiger partial charge in [-0.25, -0.2) is 4.79 Å². The fourth-order valence-corrected chi connectivity index (χ4v) is 2.17. The zero-order valence-corrected chi connectivity index (χ0v) is 12.7. The molecule has 0 aliphatic rings. The summed E-state index contributed by atoms with van der Waals surface area (Å²) in [7, 11) is 0. The van der Waals surface area contributed by atoms with Gasteiger partial charge in [0.2, 0.25) is 0 Å². The van der Waals surface area contributed by atoms with Gasteiger partial charge in [0.05, 0.1) is 11.3 Å². The van der Waals surface area contributed by atoms with Crippen molar-refractivity contribution in [3.8, 4) is 0 Å². The van der Waals surface area contributed by atoms with Crippen molar-refractivity contribution >= 4 is 17.6 Å². The zero-order valence-electron chi connectivity index (χ0n) is 12.7. The first kappa shape index (κ1) is 15.8. The molecule has 0 aliphatic heterocycles. The predicted octanol–water partition coefficient (Wildman–Crippen LogP) is 4.15. The monoisotopic (exact) mass is 297 g/mol. The Kier molecular flexibility index (Phi) is 4.94. The molecule has 0 aromatic heterocycles. The summed E-state index contributed by atoms with van der Waals surface area (Å²) in [5.41, 5.74) is 2.07. The molecule has 2 N–H and O–H groups in total. The van der Waals surface area contributed by atoms with Crippen LogP contribution >= 0.6 is 0 Å². The van der Waals surface area contributed by atoms with Crippen molar-refractivity contribution in [2.24, 2.45) is 0 Å². The standard InChI is InChI=1S/C18H19NO3/c1-3-12(2)13-8-10-14(11-9-13)17(20)19-16-7-5-4-6-15(16)18(21)22/h4-12H,3H2,1-2H3,(H,19,20)(H,21,22). The lowest BCUT2D eigenvalue weighted by molar-refractivity contribution is 0.0698. The molecule has 0 spiro atoms. The Labute approximate surface area is 129 Å². The van der Waals surface area contributed by atoms with E-state index in [2.05, 4.69) is 19.2 Å². The van der Waals surface area contributed by atoms with Crippen LogP contribution in [0.15, 0.2) is 48.5 Å². The van der Waals surface area contributed by atoms with Crippen molar-refractivity contribution in [1.82, 2.24) is 0 Å². The molecule has 0 heterocycles. The molecule has 0 fully saturated rings. The van der Waals surface area contributed by atoms with E-state index in [9.17, 15) is 9.59 Å². The fraction of sp³-hybridized carbons (Fsp3) is 0.222. The highest BCUT2D eigenvalue weighted by atomic mass is 16.4. The van der Waals surface area contributed by atoms with Gasteiger partial charge < -0.3 is 10.4 Å². The molecular formula is C18H19NO3. The second-order valence-electron chi connectivity index (χ2n) is 5.24. The molecule has 0 radical (unpaired) electrons. The van der Waals surface area contributed by atoms with Crippen LogP contribution in [-0.4, -0.2) is 17.0 Å². The van der Waals surface area contributed by atoms with Crippen LogP contribution in [0.25, 0.3) is 0 Å². The minimum Gasteiger partial charge on any atom is -0.478 e.